The standard InChI is InChI=1S/C24H19ClFN3O2S/c1-14-7-9-17(11-15(14)2)29-23(31)18-5-3-4-6-20(18)28-24(29)32-13-22(30)27-21-10-8-16(26)12-19(21)25/h3-12H,13H2,1-2H3,(H,27,30). The van der Waals surface area contributed by atoms with Gasteiger partial charge in [-0.05, 0) is 67.4 Å². The van der Waals surface area contributed by atoms with E-state index in [4.69, 9.17) is 11.6 Å². The van der Waals surface area contributed by atoms with Crippen molar-refractivity contribution in [1.82, 2.24) is 9.55 Å². The van der Waals surface area contributed by atoms with Gasteiger partial charge in [-0.15, -0.1) is 0 Å². The molecule has 0 fully saturated rings. The molecule has 0 aliphatic carbocycles. The number of fused-ring (bicyclic) bond motifs is 1. The number of amides is 1. The van der Waals surface area contributed by atoms with Crippen LogP contribution in [0.3, 0.4) is 0 Å². The van der Waals surface area contributed by atoms with Crippen molar-refractivity contribution in [3.05, 3.63) is 93.0 Å². The smallest absolute Gasteiger partial charge is 0.266 e. The predicted octanol–water partition coefficient (Wildman–Crippen LogP) is 5.53. The molecule has 4 rings (SSSR count). The number of carbonyl (C=O) groups is 1. The largest absolute Gasteiger partial charge is 0.324 e. The van der Waals surface area contributed by atoms with Gasteiger partial charge in [-0.25, -0.2) is 9.37 Å². The van der Waals surface area contributed by atoms with Crippen molar-refractivity contribution in [3.8, 4) is 5.69 Å². The molecule has 0 unspecified atom stereocenters. The fraction of sp³-hybridized carbons (Fsp3) is 0.125. The highest BCUT2D eigenvalue weighted by molar-refractivity contribution is 7.99. The molecule has 0 radical (unpaired) electrons. The van der Waals surface area contributed by atoms with E-state index in [0.717, 1.165) is 29.0 Å². The second kappa shape index (κ2) is 9.14. The monoisotopic (exact) mass is 467 g/mol. The van der Waals surface area contributed by atoms with Crippen LogP contribution in [-0.4, -0.2) is 21.2 Å². The molecular weight excluding hydrogens is 449 g/mol. The summed E-state index contributed by atoms with van der Waals surface area (Å²) in [4.78, 5) is 30.5. The van der Waals surface area contributed by atoms with Gasteiger partial charge in [0.2, 0.25) is 5.91 Å². The molecule has 0 atom stereocenters. The molecule has 0 spiro atoms. The Labute approximate surface area is 193 Å². The normalized spacial score (nSPS) is 11.0. The summed E-state index contributed by atoms with van der Waals surface area (Å²) >= 11 is 7.13. The molecule has 4 aromatic rings. The Kier molecular flexibility index (Phi) is 6.30. The number of para-hydroxylation sites is 1. The average Bonchev–Trinajstić information content (AvgIpc) is 2.76. The van der Waals surface area contributed by atoms with Crippen molar-refractivity contribution in [2.75, 3.05) is 11.1 Å². The minimum Gasteiger partial charge on any atom is -0.324 e. The highest BCUT2D eigenvalue weighted by atomic mass is 35.5. The van der Waals surface area contributed by atoms with E-state index in [1.54, 1.807) is 18.2 Å². The highest BCUT2D eigenvalue weighted by Crippen LogP contribution is 2.25. The third kappa shape index (κ3) is 4.54. The first kappa shape index (κ1) is 22.0. The first-order chi connectivity index (χ1) is 15.3. The minimum atomic E-state index is -0.486. The molecule has 1 N–H and O–H groups in total. The van der Waals surface area contributed by atoms with Crippen LogP contribution < -0.4 is 10.9 Å². The molecule has 1 amide bonds. The fourth-order valence-corrected chi connectivity index (χ4v) is 4.24. The zero-order chi connectivity index (χ0) is 22.8. The zero-order valence-corrected chi connectivity index (χ0v) is 18.9. The van der Waals surface area contributed by atoms with E-state index in [2.05, 4.69) is 10.3 Å². The quantitative estimate of drug-likeness (QED) is 0.310. The van der Waals surface area contributed by atoms with Gasteiger partial charge in [-0.3, -0.25) is 14.2 Å². The lowest BCUT2D eigenvalue weighted by Crippen LogP contribution is -2.23. The third-order valence-corrected chi connectivity index (χ3v) is 6.28. The van der Waals surface area contributed by atoms with Gasteiger partial charge in [0.1, 0.15) is 5.82 Å². The summed E-state index contributed by atoms with van der Waals surface area (Å²) in [6.07, 6.45) is 0. The molecule has 3 aromatic carbocycles. The second-order valence-electron chi connectivity index (χ2n) is 7.28. The van der Waals surface area contributed by atoms with E-state index in [0.29, 0.717) is 27.4 Å². The van der Waals surface area contributed by atoms with Gasteiger partial charge in [-0.2, -0.15) is 0 Å². The second-order valence-corrected chi connectivity index (χ2v) is 8.63. The molecule has 0 aliphatic heterocycles. The van der Waals surface area contributed by atoms with Crippen LogP contribution in [0.2, 0.25) is 5.02 Å². The van der Waals surface area contributed by atoms with Crippen LogP contribution in [0.15, 0.2) is 70.6 Å². The molecule has 32 heavy (non-hydrogen) atoms. The van der Waals surface area contributed by atoms with Crippen LogP contribution in [0.5, 0.6) is 0 Å². The summed E-state index contributed by atoms with van der Waals surface area (Å²) in [5.74, 6) is -0.846. The average molecular weight is 468 g/mol. The molecule has 8 heteroatoms. The Morgan fingerprint density at radius 1 is 1.09 bits per heavy atom. The van der Waals surface area contributed by atoms with Gasteiger partial charge in [0.25, 0.3) is 5.56 Å². The Bertz CT molecular complexity index is 1400. The van der Waals surface area contributed by atoms with E-state index in [9.17, 15) is 14.0 Å². The van der Waals surface area contributed by atoms with Gasteiger partial charge in [0, 0.05) is 0 Å². The number of thioether (sulfide) groups is 1. The maximum absolute atomic E-state index is 13.3. The van der Waals surface area contributed by atoms with E-state index in [-0.39, 0.29) is 22.2 Å². The molecular formula is C24H19ClFN3O2S. The van der Waals surface area contributed by atoms with Gasteiger partial charge >= 0.3 is 0 Å². The minimum absolute atomic E-state index is 0.0106. The van der Waals surface area contributed by atoms with Crippen LogP contribution in [0.1, 0.15) is 11.1 Å². The Hall–Kier alpha value is -3.16. The summed E-state index contributed by atoms with van der Waals surface area (Å²) in [5, 5.41) is 3.67. The van der Waals surface area contributed by atoms with Crippen LogP contribution in [-0.2, 0) is 4.79 Å². The number of hydrogen-bond donors (Lipinski definition) is 1. The van der Waals surface area contributed by atoms with E-state index in [1.165, 1.54) is 16.7 Å². The summed E-state index contributed by atoms with van der Waals surface area (Å²) in [7, 11) is 0. The Balaban J connectivity index is 1.68. The number of nitrogens with zero attached hydrogens (tertiary/aromatic N) is 2. The highest BCUT2D eigenvalue weighted by Gasteiger charge is 2.16. The predicted molar refractivity (Wildman–Crippen MR) is 128 cm³/mol. The lowest BCUT2D eigenvalue weighted by atomic mass is 10.1. The Morgan fingerprint density at radius 2 is 1.88 bits per heavy atom. The summed E-state index contributed by atoms with van der Waals surface area (Å²) in [6, 6.07) is 16.6. The van der Waals surface area contributed by atoms with Crippen molar-refractivity contribution in [3.63, 3.8) is 0 Å². The Morgan fingerprint density at radius 3 is 2.62 bits per heavy atom. The number of benzene rings is 3. The summed E-state index contributed by atoms with van der Waals surface area (Å²) in [6.45, 7) is 3.98. The van der Waals surface area contributed by atoms with E-state index in [1.807, 2.05) is 38.1 Å². The first-order valence-corrected chi connectivity index (χ1v) is 11.2. The number of hydrogen-bond acceptors (Lipinski definition) is 4. The number of halogens is 2. The molecule has 0 saturated heterocycles. The molecule has 5 nitrogen and oxygen atoms in total. The van der Waals surface area contributed by atoms with Crippen LogP contribution in [0.4, 0.5) is 10.1 Å². The van der Waals surface area contributed by atoms with Crippen LogP contribution >= 0.6 is 23.4 Å². The van der Waals surface area contributed by atoms with Crippen molar-refractivity contribution >= 4 is 45.9 Å². The molecule has 0 aliphatic rings. The molecule has 162 valence electrons. The lowest BCUT2D eigenvalue weighted by Gasteiger charge is -2.14. The zero-order valence-electron chi connectivity index (χ0n) is 17.4. The van der Waals surface area contributed by atoms with Gasteiger partial charge in [-0.1, -0.05) is 41.6 Å². The van der Waals surface area contributed by atoms with Crippen molar-refractivity contribution < 1.29 is 9.18 Å². The van der Waals surface area contributed by atoms with Crippen LogP contribution in [0.25, 0.3) is 16.6 Å². The van der Waals surface area contributed by atoms with E-state index < -0.39 is 5.82 Å². The lowest BCUT2D eigenvalue weighted by molar-refractivity contribution is -0.113. The maximum Gasteiger partial charge on any atom is 0.266 e. The molecule has 0 saturated carbocycles. The van der Waals surface area contributed by atoms with Gasteiger partial charge in [0.05, 0.1) is 33.1 Å². The van der Waals surface area contributed by atoms with E-state index >= 15 is 0 Å². The van der Waals surface area contributed by atoms with Crippen LogP contribution in [0, 0.1) is 19.7 Å². The van der Waals surface area contributed by atoms with Gasteiger partial charge < -0.3 is 5.32 Å². The maximum atomic E-state index is 13.3. The topological polar surface area (TPSA) is 64.0 Å². The molecule has 0 bridgehead atoms. The van der Waals surface area contributed by atoms with Gasteiger partial charge in [0.15, 0.2) is 5.16 Å². The number of anilines is 1. The fourth-order valence-electron chi connectivity index (χ4n) is 3.21. The summed E-state index contributed by atoms with van der Waals surface area (Å²) < 4.78 is 14.8. The number of nitrogens with one attached hydrogen (secondary N) is 1. The molecule has 1 aromatic heterocycles. The number of aryl methyl sites for hydroxylation is 2. The molecule has 1 heterocycles. The third-order valence-electron chi connectivity index (χ3n) is 5.03. The SMILES string of the molecule is Cc1ccc(-n2c(SCC(=O)Nc3ccc(F)cc3Cl)nc3ccccc3c2=O)cc1C. The number of carbonyl (C=O) groups excluding carboxylic acids is 1. The number of rotatable bonds is 5. The number of aromatic nitrogens is 2. The van der Waals surface area contributed by atoms with Crippen molar-refractivity contribution in [1.29, 1.82) is 0 Å². The summed E-state index contributed by atoms with van der Waals surface area (Å²) in [5.41, 5.74) is 3.51. The van der Waals surface area contributed by atoms with Crippen molar-refractivity contribution in [2.45, 2.75) is 19.0 Å². The van der Waals surface area contributed by atoms with Crippen molar-refractivity contribution in [2.24, 2.45) is 0 Å². The first-order valence-electron chi connectivity index (χ1n) is 9.80.